The first-order valence-electron chi connectivity index (χ1n) is 10.5. The van der Waals surface area contributed by atoms with Gasteiger partial charge >= 0.3 is 0 Å². The van der Waals surface area contributed by atoms with Crippen LogP contribution in [-0.2, 0) is 4.79 Å². The van der Waals surface area contributed by atoms with Crippen molar-refractivity contribution in [3.63, 3.8) is 0 Å². The highest BCUT2D eigenvalue weighted by Crippen LogP contribution is 2.26. The van der Waals surface area contributed by atoms with Gasteiger partial charge in [-0.2, -0.15) is 0 Å². The van der Waals surface area contributed by atoms with Crippen LogP contribution in [0.3, 0.4) is 0 Å². The van der Waals surface area contributed by atoms with Crippen molar-refractivity contribution < 1.29 is 4.79 Å². The SMILES string of the molecule is Cc1cccc(N2CCN(CCCNC(=O)CC3CCCCC3)CC2)c1. The van der Waals surface area contributed by atoms with E-state index < -0.39 is 0 Å². The van der Waals surface area contributed by atoms with Crippen LogP contribution in [0.5, 0.6) is 0 Å². The molecule has 1 aliphatic heterocycles. The van der Waals surface area contributed by atoms with Gasteiger partial charge in [-0.25, -0.2) is 0 Å². The molecule has 0 atom stereocenters. The van der Waals surface area contributed by atoms with Crippen molar-refractivity contribution in [2.75, 3.05) is 44.2 Å². The first-order chi connectivity index (χ1) is 12.7. The van der Waals surface area contributed by atoms with Crippen molar-refractivity contribution in [2.45, 2.75) is 51.9 Å². The minimum atomic E-state index is 0.265. The van der Waals surface area contributed by atoms with Crippen LogP contribution in [0.15, 0.2) is 24.3 Å². The zero-order chi connectivity index (χ0) is 18.2. The largest absolute Gasteiger partial charge is 0.369 e. The van der Waals surface area contributed by atoms with Gasteiger partial charge in [0.25, 0.3) is 0 Å². The normalized spacial score (nSPS) is 19.5. The minimum Gasteiger partial charge on any atom is -0.369 e. The monoisotopic (exact) mass is 357 g/mol. The van der Waals surface area contributed by atoms with Gasteiger partial charge in [0.15, 0.2) is 0 Å². The van der Waals surface area contributed by atoms with Crippen molar-refractivity contribution in [2.24, 2.45) is 5.92 Å². The van der Waals surface area contributed by atoms with Crippen LogP contribution in [-0.4, -0.2) is 50.1 Å². The molecule has 1 saturated heterocycles. The fourth-order valence-corrected chi connectivity index (χ4v) is 4.31. The topological polar surface area (TPSA) is 35.6 Å². The standard InChI is InChI=1S/C22H35N3O/c1-19-7-5-10-21(17-19)25-15-13-24(14-16-25)12-6-11-23-22(26)18-20-8-3-2-4-9-20/h5,7,10,17,20H,2-4,6,8-9,11-16,18H2,1H3,(H,23,26). The summed E-state index contributed by atoms with van der Waals surface area (Å²) in [7, 11) is 0. The molecule has 4 nitrogen and oxygen atoms in total. The Labute approximate surface area is 158 Å². The summed E-state index contributed by atoms with van der Waals surface area (Å²) in [4.78, 5) is 17.1. The zero-order valence-electron chi connectivity index (χ0n) is 16.4. The minimum absolute atomic E-state index is 0.265. The molecule has 1 N–H and O–H groups in total. The van der Waals surface area contributed by atoms with Gasteiger partial charge in [-0.15, -0.1) is 0 Å². The van der Waals surface area contributed by atoms with E-state index in [0.717, 1.165) is 52.1 Å². The summed E-state index contributed by atoms with van der Waals surface area (Å²) in [5.41, 5.74) is 2.67. The second-order valence-electron chi connectivity index (χ2n) is 8.08. The van der Waals surface area contributed by atoms with Crippen LogP contribution in [0.1, 0.15) is 50.5 Å². The number of amides is 1. The molecule has 0 radical (unpaired) electrons. The molecule has 1 aromatic rings. The first kappa shape index (κ1) is 19.2. The quantitative estimate of drug-likeness (QED) is 0.758. The van der Waals surface area contributed by atoms with Crippen LogP contribution < -0.4 is 10.2 Å². The molecule has 3 rings (SSSR count). The maximum absolute atomic E-state index is 12.1. The molecule has 4 heteroatoms. The van der Waals surface area contributed by atoms with E-state index in [-0.39, 0.29) is 5.91 Å². The van der Waals surface area contributed by atoms with E-state index in [1.807, 2.05) is 0 Å². The molecular formula is C22H35N3O. The molecule has 0 spiro atoms. The van der Waals surface area contributed by atoms with Crippen molar-refractivity contribution in [3.8, 4) is 0 Å². The number of hydrogen-bond donors (Lipinski definition) is 1. The molecule has 1 aliphatic carbocycles. The van der Waals surface area contributed by atoms with Crippen LogP contribution in [0.4, 0.5) is 5.69 Å². The number of carbonyl (C=O) groups excluding carboxylic acids is 1. The van der Waals surface area contributed by atoms with E-state index in [4.69, 9.17) is 0 Å². The number of hydrogen-bond acceptors (Lipinski definition) is 3. The summed E-state index contributed by atoms with van der Waals surface area (Å²) in [5.74, 6) is 0.902. The van der Waals surface area contributed by atoms with Gasteiger partial charge in [0.1, 0.15) is 0 Å². The Morgan fingerprint density at radius 3 is 2.62 bits per heavy atom. The van der Waals surface area contributed by atoms with Gasteiger partial charge in [0, 0.05) is 44.8 Å². The second kappa shape index (κ2) is 9.96. The van der Waals surface area contributed by atoms with Gasteiger partial charge in [0.2, 0.25) is 5.91 Å². The smallest absolute Gasteiger partial charge is 0.220 e. The second-order valence-corrected chi connectivity index (χ2v) is 8.08. The van der Waals surface area contributed by atoms with E-state index in [1.54, 1.807) is 0 Å². The Balaban J connectivity index is 1.27. The van der Waals surface area contributed by atoms with Gasteiger partial charge in [-0.3, -0.25) is 9.69 Å². The Morgan fingerprint density at radius 1 is 1.12 bits per heavy atom. The predicted molar refractivity (Wildman–Crippen MR) is 109 cm³/mol. The van der Waals surface area contributed by atoms with Crippen molar-refractivity contribution >= 4 is 11.6 Å². The number of aryl methyl sites for hydroxylation is 1. The zero-order valence-corrected chi connectivity index (χ0v) is 16.4. The molecule has 1 heterocycles. The number of piperazine rings is 1. The molecule has 2 fully saturated rings. The molecule has 1 aromatic carbocycles. The number of benzene rings is 1. The summed E-state index contributed by atoms with van der Waals surface area (Å²) in [5, 5.41) is 3.13. The highest BCUT2D eigenvalue weighted by molar-refractivity contribution is 5.76. The van der Waals surface area contributed by atoms with E-state index >= 15 is 0 Å². The fraction of sp³-hybridized carbons (Fsp3) is 0.682. The molecule has 0 bridgehead atoms. The lowest BCUT2D eigenvalue weighted by Crippen LogP contribution is -2.47. The van der Waals surface area contributed by atoms with E-state index in [0.29, 0.717) is 5.92 Å². The first-order valence-corrected chi connectivity index (χ1v) is 10.5. The van der Waals surface area contributed by atoms with Crippen molar-refractivity contribution in [1.29, 1.82) is 0 Å². The van der Waals surface area contributed by atoms with E-state index in [1.165, 1.54) is 43.4 Å². The summed E-state index contributed by atoms with van der Waals surface area (Å²) in [6.45, 7) is 8.49. The average molecular weight is 358 g/mol. The lowest BCUT2D eigenvalue weighted by Gasteiger charge is -2.36. The highest BCUT2D eigenvalue weighted by atomic mass is 16.1. The summed E-state index contributed by atoms with van der Waals surface area (Å²) in [6, 6.07) is 8.79. The van der Waals surface area contributed by atoms with Gasteiger partial charge in [0.05, 0.1) is 0 Å². The van der Waals surface area contributed by atoms with Gasteiger partial charge in [-0.1, -0.05) is 31.4 Å². The summed E-state index contributed by atoms with van der Waals surface area (Å²) < 4.78 is 0. The predicted octanol–water partition coefficient (Wildman–Crippen LogP) is 3.59. The molecular weight excluding hydrogens is 322 g/mol. The Morgan fingerprint density at radius 2 is 1.88 bits per heavy atom. The number of nitrogens with zero attached hydrogens (tertiary/aromatic N) is 2. The summed E-state index contributed by atoms with van der Waals surface area (Å²) in [6.07, 6.45) is 8.28. The molecule has 144 valence electrons. The Kier molecular flexibility index (Phi) is 7.36. The number of nitrogens with one attached hydrogen (secondary N) is 1. The average Bonchev–Trinajstić information content (AvgIpc) is 2.66. The van der Waals surface area contributed by atoms with Gasteiger partial charge in [-0.05, 0) is 56.3 Å². The third kappa shape index (κ3) is 6.01. The molecule has 1 amide bonds. The van der Waals surface area contributed by atoms with E-state index in [2.05, 4.69) is 46.3 Å². The Bertz CT molecular complexity index is 560. The van der Waals surface area contributed by atoms with Crippen LogP contribution in [0, 0.1) is 12.8 Å². The molecule has 0 unspecified atom stereocenters. The maximum atomic E-state index is 12.1. The van der Waals surface area contributed by atoms with Gasteiger partial charge < -0.3 is 10.2 Å². The molecule has 1 saturated carbocycles. The third-order valence-corrected chi connectivity index (χ3v) is 5.91. The molecule has 2 aliphatic rings. The maximum Gasteiger partial charge on any atom is 0.220 e. The lowest BCUT2D eigenvalue weighted by molar-refractivity contribution is -0.122. The number of carbonyl (C=O) groups is 1. The van der Waals surface area contributed by atoms with Crippen molar-refractivity contribution in [3.05, 3.63) is 29.8 Å². The van der Waals surface area contributed by atoms with Crippen LogP contribution in [0.25, 0.3) is 0 Å². The van der Waals surface area contributed by atoms with E-state index in [9.17, 15) is 4.79 Å². The van der Waals surface area contributed by atoms with Crippen LogP contribution >= 0.6 is 0 Å². The third-order valence-electron chi connectivity index (χ3n) is 5.91. The highest BCUT2D eigenvalue weighted by Gasteiger charge is 2.18. The summed E-state index contributed by atoms with van der Waals surface area (Å²) >= 11 is 0. The molecule has 26 heavy (non-hydrogen) atoms. The molecule has 0 aromatic heterocycles. The van der Waals surface area contributed by atoms with Crippen LogP contribution in [0.2, 0.25) is 0 Å². The Hall–Kier alpha value is -1.55. The fourth-order valence-electron chi connectivity index (χ4n) is 4.31. The number of anilines is 1. The van der Waals surface area contributed by atoms with Crippen molar-refractivity contribution in [1.82, 2.24) is 10.2 Å². The number of rotatable bonds is 7. The lowest BCUT2D eigenvalue weighted by atomic mass is 9.87.